The van der Waals surface area contributed by atoms with Gasteiger partial charge in [-0.15, -0.1) is 0 Å². The van der Waals surface area contributed by atoms with Crippen molar-refractivity contribution in [2.24, 2.45) is 5.92 Å². The predicted octanol–water partition coefficient (Wildman–Crippen LogP) is 5.63. The van der Waals surface area contributed by atoms with Crippen LogP contribution >= 0.6 is 39.1 Å². The molecule has 0 spiro atoms. The van der Waals surface area contributed by atoms with E-state index in [1.807, 2.05) is 25.1 Å². The second-order valence-electron chi connectivity index (χ2n) is 4.78. The van der Waals surface area contributed by atoms with Gasteiger partial charge in [0.15, 0.2) is 0 Å². The second kappa shape index (κ2) is 6.60. The fourth-order valence-electron chi connectivity index (χ4n) is 2.41. The van der Waals surface area contributed by atoms with Crippen LogP contribution in [0.4, 0.5) is 0 Å². The zero-order valence-electron chi connectivity index (χ0n) is 10.3. The smallest absolute Gasteiger partial charge is 0.0580 e. The highest BCUT2D eigenvalue weighted by atomic mass is 79.9. The number of halogens is 3. The van der Waals surface area contributed by atoms with Crippen LogP contribution in [0.2, 0.25) is 10.0 Å². The Hall–Kier alpha value is 0.240. The van der Waals surface area contributed by atoms with Crippen molar-refractivity contribution in [3.8, 4) is 0 Å². The fraction of sp³-hybridized carbons (Fsp3) is 0.571. The van der Waals surface area contributed by atoms with Gasteiger partial charge in [-0.1, -0.05) is 39.1 Å². The molecule has 1 nitrogen and oxygen atoms in total. The summed E-state index contributed by atoms with van der Waals surface area (Å²) in [5, 5.41) is 1.52. The molecule has 1 aliphatic rings. The van der Waals surface area contributed by atoms with E-state index < -0.39 is 0 Å². The molecule has 0 aromatic heterocycles. The van der Waals surface area contributed by atoms with E-state index in [2.05, 4.69) is 15.9 Å². The fourth-order valence-corrected chi connectivity index (χ4v) is 3.88. The topological polar surface area (TPSA) is 9.23 Å². The molecule has 100 valence electrons. The molecule has 0 aliphatic heterocycles. The van der Waals surface area contributed by atoms with E-state index >= 15 is 0 Å². The van der Waals surface area contributed by atoms with Crippen molar-refractivity contribution in [2.75, 3.05) is 6.61 Å². The summed E-state index contributed by atoms with van der Waals surface area (Å²) in [5.74, 6) is 0.723. The maximum absolute atomic E-state index is 6.20. The van der Waals surface area contributed by atoms with Crippen molar-refractivity contribution in [2.45, 2.75) is 37.1 Å². The first-order valence-corrected chi connectivity index (χ1v) is 7.98. The number of ether oxygens (including phenoxy) is 1. The first-order valence-electron chi connectivity index (χ1n) is 6.30. The van der Waals surface area contributed by atoms with Gasteiger partial charge in [-0.05, 0) is 55.9 Å². The lowest BCUT2D eigenvalue weighted by molar-refractivity contribution is -0.0264. The minimum atomic E-state index is 0.274. The predicted molar refractivity (Wildman–Crippen MR) is 80.9 cm³/mol. The Bertz CT molecular complexity index is 405. The highest BCUT2D eigenvalue weighted by Crippen LogP contribution is 2.42. The summed E-state index contributed by atoms with van der Waals surface area (Å²) in [7, 11) is 0. The van der Waals surface area contributed by atoms with Crippen molar-refractivity contribution in [1.29, 1.82) is 0 Å². The SMILES string of the molecule is CCOC1CC(CC(Br)c2cc(Cl)ccc2Cl)C1. The average molecular weight is 352 g/mol. The zero-order valence-corrected chi connectivity index (χ0v) is 13.4. The Morgan fingerprint density at radius 1 is 1.39 bits per heavy atom. The summed E-state index contributed by atoms with van der Waals surface area (Å²) in [6, 6.07) is 5.63. The minimum absolute atomic E-state index is 0.274. The molecule has 0 bridgehead atoms. The van der Waals surface area contributed by atoms with Crippen molar-refractivity contribution in [3.05, 3.63) is 33.8 Å². The summed E-state index contributed by atoms with van der Waals surface area (Å²) in [6.07, 6.45) is 3.88. The van der Waals surface area contributed by atoms with Gasteiger partial charge in [0.1, 0.15) is 0 Å². The molecular formula is C14H17BrCl2O. The molecule has 1 saturated carbocycles. The molecule has 0 heterocycles. The van der Waals surface area contributed by atoms with Crippen LogP contribution in [0.15, 0.2) is 18.2 Å². The Kier molecular flexibility index (Phi) is 5.37. The molecule has 0 amide bonds. The molecule has 2 rings (SSSR count). The van der Waals surface area contributed by atoms with Crippen LogP contribution in [-0.4, -0.2) is 12.7 Å². The molecular weight excluding hydrogens is 335 g/mol. The standard InChI is InChI=1S/C14H17BrCl2O/c1-2-18-11-5-9(6-11)7-13(15)12-8-10(16)3-4-14(12)17/h3-4,8-9,11,13H,2,5-7H2,1H3. The lowest BCUT2D eigenvalue weighted by Gasteiger charge is -2.36. The minimum Gasteiger partial charge on any atom is -0.378 e. The summed E-state index contributed by atoms with van der Waals surface area (Å²) in [5.41, 5.74) is 1.09. The van der Waals surface area contributed by atoms with Crippen LogP contribution in [-0.2, 0) is 4.74 Å². The maximum Gasteiger partial charge on any atom is 0.0580 e. The molecule has 0 radical (unpaired) electrons. The zero-order chi connectivity index (χ0) is 13.1. The second-order valence-corrected chi connectivity index (χ2v) is 6.73. The van der Waals surface area contributed by atoms with E-state index in [9.17, 15) is 0 Å². The van der Waals surface area contributed by atoms with Crippen LogP contribution < -0.4 is 0 Å². The summed E-state index contributed by atoms with van der Waals surface area (Å²) < 4.78 is 5.58. The number of alkyl halides is 1. The van der Waals surface area contributed by atoms with Crippen molar-refractivity contribution < 1.29 is 4.74 Å². The third-order valence-corrected chi connectivity index (χ3v) is 4.88. The summed E-state index contributed by atoms with van der Waals surface area (Å²) >= 11 is 15.9. The van der Waals surface area contributed by atoms with Gasteiger partial charge in [-0.3, -0.25) is 0 Å². The monoisotopic (exact) mass is 350 g/mol. The largest absolute Gasteiger partial charge is 0.378 e. The van der Waals surface area contributed by atoms with E-state index in [4.69, 9.17) is 27.9 Å². The highest BCUT2D eigenvalue weighted by molar-refractivity contribution is 9.09. The molecule has 1 aromatic rings. The quantitative estimate of drug-likeness (QED) is 0.624. The number of benzene rings is 1. The Morgan fingerprint density at radius 2 is 2.11 bits per heavy atom. The molecule has 18 heavy (non-hydrogen) atoms. The highest BCUT2D eigenvalue weighted by Gasteiger charge is 2.31. The number of hydrogen-bond donors (Lipinski definition) is 0. The van der Waals surface area contributed by atoms with Gasteiger partial charge in [-0.2, -0.15) is 0 Å². The lowest BCUT2D eigenvalue weighted by Crippen LogP contribution is -2.31. The summed E-state index contributed by atoms with van der Waals surface area (Å²) in [6.45, 7) is 2.86. The third-order valence-electron chi connectivity index (χ3n) is 3.43. The van der Waals surface area contributed by atoms with E-state index in [-0.39, 0.29) is 4.83 Å². The molecule has 1 fully saturated rings. The lowest BCUT2D eigenvalue weighted by atomic mass is 9.78. The Labute approximate surface area is 127 Å². The van der Waals surface area contributed by atoms with Crippen molar-refractivity contribution in [3.63, 3.8) is 0 Å². The van der Waals surface area contributed by atoms with E-state index in [0.717, 1.165) is 47.4 Å². The van der Waals surface area contributed by atoms with Gasteiger partial charge in [0.2, 0.25) is 0 Å². The van der Waals surface area contributed by atoms with Gasteiger partial charge in [0, 0.05) is 21.5 Å². The molecule has 0 N–H and O–H groups in total. The van der Waals surface area contributed by atoms with Crippen LogP contribution in [0.1, 0.15) is 36.6 Å². The summed E-state index contributed by atoms with van der Waals surface area (Å²) in [4.78, 5) is 0.274. The van der Waals surface area contributed by atoms with Gasteiger partial charge < -0.3 is 4.74 Å². The molecule has 1 aliphatic carbocycles. The molecule has 1 unspecified atom stereocenters. The van der Waals surface area contributed by atoms with Gasteiger partial charge in [-0.25, -0.2) is 0 Å². The average Bonchev–Trinajstić information content (AvgIpc) is 2.29. The van der Waals surface area contributed by atoms with Crippen molar-refractivity contribution >= 4 is 39.1 Å². The van der Waals surface area contributed by atoms with E-state index in [0.29, 0.717) is 6.10 Å². The van der Waals surface area contributed by atoms with Crippen LogP contribution in [0.3, 0.4) is 0 Å². The molecule has 4 heteroatoms. The van der Waals surface area contributed by atoms with Crippen LogP contribution in [0.25, 0.3) is 0 Å². The Morgan fingerprint density at radius 3 is 2.78 bits per heavy atom. The van der Waals surface area contributed by atoms with Crippen LogP contribution in [0, 0.1) is 5.92 Å². The Balaban J connectivity index is 1.89. The first-order chi connectivity index (χ1) is 8.60. The van der Waals surface area contributed by atoms with Crippen LogP contribution in [0.5, 0.6) is 0 Å². The normalized spacial score (nSPS) is 24.7. The number of rotatable bonds is 5. The van der Waals surface area contributed by atoms with Gasteiger partial charge in [0.05, 0.1) is 6.10 Å². The molecule has 0 saturated heterocycles. The number of hydrogen-bond acceptors (Lipinski definition) is 1. The first kappa shape index (κ1) is 14.6. The third kappa shape index (κ3) is 3.63. The van der Waals surface area contributed by atoms with Gasteiger partial charge in [0.25, 0.3) is 0 Å². The maximum atomic E-state index is 6.20. The molecule has 1 atom stereocenters. The van der Waals surface area contributed by atoms with Gasteiger partial charge >= 0.3 is 0 Å². The van der Waals surface area contributed by atoms with E-state index in [1.54, 1.807) is 0 Å². The molecule has 1 aromatic carbocycles. The van der Waals surface area contributed by atoms with Crippen molar-refractivity contribution in [1.82, 2.24) is 0 Å². The van der Waals surface area contributed by atoms with E-state index in [1.165, 1.54) is 0 Å².